The monoisotopic (exact) mass is 424 g/mol. The van der Waals surface area contributed by atoms with Gasteiger partial charge in [0.15, 0.2) is 5.16 Å². The molecule has 1 saturated heterocycles. The van der Waals surface area contributed by atoms with Crippen molar-refractivity contribution < 1.29 is 14.3 Å². The molecule has 1 aliphatic rings. The first-order valence-electron chi connectivity index (χ1n) is 9.94. The molecule has 156 valence electrons. The Hall–Kier alpha value is -3.00. The van der Waals surface area contributed by atoms with Crippen molar-refractivity contribution in [3.05, 3.63) is 48.5 Å². The normalized spacial score (nSPS) is 13.6. The molecular weight excluding hydrogens is 400 g/mol. The molecule has 0 atom stereocenters. The van der Waals surface area contributed by atoms with Gasteiger partial charge in [-0.05, 0) is 49.2 Å². The molecule has 0 spiro atoms. The first-order chi connectivity index (χ1) is 14.6. The zero-order valence-corrected chi connectivity index (χ0v) is 17.7. The number of ether oxygens (including phenoxy) is 1. The molecule has 1 N–H and O–H groups in total. The third-order valence-corrected chi connectivity index (χ3v) is 6.05. The average Bonchev–Trinajstić information content (AvgIpc) is 3.42. The number of methoxy groups -OCH3 is 1. The molecule has 0 aliphatic carbocycles. The summed E-state index contributed by atoms with van der Waals surface area (Å²) in [5.74, 6) is 0.904. The summed E-state index contributed by atoms with van der Waals surface area (Å²) in [6.45, 7) is 1.87. The van der Waals surface area contributed by atoms with Gasteiger partial charge in [0.05, 0.1) is 23.9 Å². The van der Waals surface area contributed by atoms with Gasteiger partial charge in [0.25, 0.3) is 0 Å². The lowest BCUT2D eigenvalue weighted by molar-refractivity contribution is -0.130. The van der Waals surface area contributed by atoms with Crippen LogP contribution in [0.2, 0.25) is 0 Å². The van der Waals surface area contributed by atoms with Crippen LogP contribution in [0.5, 0.6) is 5.75 Å². The molecule has 0 saturated carbocycles. The molecule has 0 radical (unpaired) electrons. The number of carbonyl (C=O) groups excluding carboxylic acids is 2. The number of amides is 2. The van der Waals surface area contributed by atoms with E-state index in [9.17, 15) is 9.59 Å². The van der Waals surface area contributed by atoms with Crippen molar-refractivity contribution in [3.8, 4) is 5.75 Å². The zero-order chi connectivity index (χ0) is 20.9. The van der Waals surface area contributed by atoms with Crippen LogP contribution in [0.25, 0.3) is 11.0 Å². The van der Waals surface area contributed by atoms with Gasteiger partial charge in [0.2, 0.25) is 11.8 Å². The summed E-state index contributed by atoms with van der Waals surface area (Å²) in [6, 6.07) is 14.9. The highest BCUT2D eigenvalue weighted by molar-refractivity contribution is 7.99. The second kappa shape index (κ2) is 9.21. The third kappa shape index (κ3) is 4.59. The van der Waals surface area contributed by atoms with Crippen LogP contribution in [-0.4, -0.2) is 52.2 Å². The van der Waals surface area contributed by atoms with Crippen molar-refractivity contribution in [1.29, 1.82) is 0 Å². The molecule has 1 aromatic heterocycles. The van der Waals surface area contributed by atoms with E-state index in [0.29, 0.717) is 10.8 Å². The van der Waals surface area contributed by atoms with E-state index in [1.165, 1.54) is 11.8 Å². The molecule has 4 rings (SSSR count). The Morgan fingerprint density at radius 2 is 1.83 bits per heavy atom. The van der Waals surface area contributed by atoms with Crippen molar-refractivity contribution in [2.75, 3.05) is 31.3 Å². The number of likely N-dealkylation sites (tertiary alicyclic amines) is 1. The number of hydrogen-bond acceptors (Lipinski definition) is 5. The van der Waals surface area contributed by atoms with E-state index < -0.39 is 0 Å². The minimum Gasteiger partial charge on any atom is -0.497 e. The number of para-hydroxylation sites is 2. The molecule has 2 amide bonds. The van der Waals surface area contributed by atoms with Crippen LogP contribution in [0, 0.1) is 0 Å². The molecule has 2 heterocycles. The molecule has 8 heteroatoms. The molecule has 0 unspecified atom stereocenters. The summed E-state index contributed by atoms with van der Waals surface area (Å²) in [7, 11) is 1.60. The van der Waals surface area contributed by atoms with Gasteiger partial charge in [-0.2, -0.15) is 0 Å². The number of nitrogens with one attached hydrogen (secondary N) is 1. The highest BCUT2D eigenvalue weighted by Gasteiger charge is 2.21. The van der Waals surface area contributed by atoms with Crippen LogP contribution in [0.4, 0.5) is 5.69 Å². The summed E-state index contributed by atoms with van der Waals surface area (Å²) in [5, 5.41) is 3.55. The number of anilines is 1. The molecule has 30 heavy (non-hydrogen) atoms. The Morgan fingerprint density at radius 3 is 2.57 bits per heavy atom. The Kier molecular flexibility index (Phi) is 6.23. The van der Waals surface area contributed by atoms with E-state index in [0.717, 1.165) is 42.7 Å². The van der Waals surface area contributed by atoms with E-state index in [1.807, 2.05) is 33.7 Å². The molecule has 1 aliphatic heterocycles. The van der Waals surface area contributed by atoms with Crippen molar-refractivity contribution >= 4 is 40.3 Å². The summed E-state index contributed by atoms with van der Waals surface area (Å²) in [5.41, 5.74) is 2.44. The molecule has 0 bridgehead atoms. The lowest BCUT2D eigenvalue weighted by Gasteiger charge is -2.17. The second-order valence-corrected chi connectivity index (χ2v) is 8.06. The number of carbonyl (C=O) groups is 2. The van der Waals surface area contributed by atoms with Gasteiger partial charge < -0.3 is 19.5 Å². The van der Waals surface area contributed by atoms with Crippen molar-refractivity contribution in [3.63, 3.8) is 0 Å². The average molecular weight is 425 g/mol. The van der Waals surface area contributed by atoms with Crippen LogP contribution in [0.3, 0.4) is 0 Å². The molecule has 3 aromatic rings. The minimum atomic E-state index is -0.130. The highest BCUT2D eigenvalue weighted by atomic mass is 32.2. The SMILES string of the molecule is COc1ccc(NC(=O)CSc2nc3ccccc3n2CC(=O)N2CCCC2)cc1. The van der Waals surface area contributed by atoms with Gasteiger partial charge in [-0.15, -0.1) is 0 Å². The molecule has 2 aromatic carbocycles. The summed E-state index contributed by atoms with van der Waals surface area (Å²) in [6.07, 6.45) is 2.12. The smallest absolute Gasteiger partial charge is 0.242 e. The fourth-order valence-electron chi connectivity index (χ4n) is 3.52. The predicted octanol–water partition coefficient (Wildman–Crippen LogP) is 3.40. The van der Waals surface area contributed by atoms with E-state index in [4.69, 9.17) is 4.74 Å². The Balaban J connectivity index is 1.46. The van der Waals surface area contributed by atoms with Gasteiger partial charge in [-0.25, -0.2) is 4.98 Å². The van der Waals surface area contributed by atoms with E-state index in [2.05, 4.69) is 10.3 Å². The van der Waals surface area contributed by atoms with E-state index >= 15 is 0 Å². The maximum Gasteiger partial charge on any atom is 0.242 e. The Labute approximate surface area is 179 Å². The van der Waals surface area contributed by atoms with Crippen LogP contribution >= 0.6 is 11.8 Å². The van der Waals surface area contributed by atoms with Crippen molar-refractivity contribution in [2.45, 2.75) is 24.5 Å². The van der Waals surface area contributed by atoms with Crippen molar-refractivity contribution in [2.24, 2.45) is 0 Å². The number of fused-ring (bicyclic) bond motifs is 1. The Morgan fingerprint density at radius 1 is 1.10 bits per heavy atom. The van der Waals surface area contributed by atoms with E-state index in [1.54, 1.807) is 31.4 Å². The van der Waals surface area contributed by atoms with Crippen LogP contribution in [0.15, 0.2) is 53.7 Å². The fraction of sp³-hybridized carbons (Fsp3) is 0.318. The van der Waals surface area contributed by atoms with Crippen LogP contribution in [-0.2, 0) is 16.1 Å². The van der Waals surface area contributed by atoms with Gasteiger partial charge in [0, 0.05) is 18.8 Å². The summed E-state index contributed by atoms with van der Waals surface area (Å²) in [4.78, 5) is 31.7. The van der Waals surface area contributed by atoms with Gasteiger partial charge in [-0.3, -0.25) is 9.59 Å². The number of thioether (sulfide) groups is 1. The number of benzene rings is 2. The third-order valence-electron chi connectivity index (χ3n) is 5.08. The zero-order valence-electron chi connectivity index (χ0n) is 16.8. The minimum absolute atomic E-state index is 0.0974. The topological polar surface area (TPSA) is 76.5 Å². The van der Waals surface area contributed by atoms with Crippen LogP contribution < -0.4 is 10.1 Å². The Bertz CT molecular complexity index is 1040. The summed E-state index contributed by atoms with van der Waals surface area (Å²) >= 11 is 1.34. The lowest BCUT2D eigenvalue weighted by atomic mass is 10.3. The van der Waals surface area contributed by atoms with Gasteiger partial charge in [0.1, 0.15) is 12.3 Å². The number of aromatic nitrogens is 2. The largest absolute Gasteiger partial charge is 0.497 e. The number of imidazole rings is 1. The number of nitrogens with zero attached hydrogens (tertiary/aromatic N) is 3. The van der Waals surface area contributed by atoms with Crippen LogP contribution in [0.1, 0.15) is 12.8 Å². The van der Waals surface area contributed by atoms with E-state index in [-0.39, 0.29) is 24.1 Å². The molecular formula is C22H24N4O3S. The standard InChI is InChI=1S/C22H24N4O3S/c1-29-17-10-8-16(9-11-17)23-20(27)15-30-22-24-18-6-2-3-7-19(18)26(22)14-21(28)25-12-4-5-13-25/h2-3,6-11H,4-5,12-15H2,1H3,(H,23,27). The maximum atomic E-state index is 12.7. The lowest BCUT2D eigenvalue weighted by Crippen LogP contribution is -2.31. The van der Waals surface area contributed by atoms with Crippen molar-refractivity contribution in [1.82, 2.24) is 14.5 Å². The summed E-state index contributed by atoms with van der Waals surface area (Å²) < 4.78 is 7.05. The molecule has 1 fully saturated rings. The number of rotatable bonds is 7. The van der Waals surface area contributed by atoms with Gasteiger partial charge in [-0.1, -0.05) is 23.9 Å². The quantitative estimate of drug-likeness (QED) is 0.589. The molecule has 7 nitrogen and oxygen atoms in total. The maximum absolute atomic E-state index is 12.7. The fourth-order valence-corrected chi connectivity index (χ4v) is 4.33. The first-order valence-corrected chi connectivity index (χ1v) is 10.9. The predicted molar refractivity (Wildman–Crippen MR) is 118 cm³/mol. The second-order valence-electron chi connectivity index (χ2n) is 7.12. The first kappa shape index (κ1) is 20.3. The van der Waals surface area contributed by atoms with Gasteiger partial charge >= 0.3 is 0 Å². The highest BCUT2D eigenvalue weighted by Crippen LogP contribution is 2.25. The number of hydrogen-bond donors (Lipinski definition) is 1.